The average molecular weight is 554 g/mol. The van der Waals surface area contributed by atoms with E-state index in [1.165, 1.54) is 4.57 Å². The van der Waals surface area contributed by atoms with Crippen LogP contribution in [0.5, 0.6) is 5.75 Å². The topological polar surface area (TPSA) is 89.3 Å². The van der Waals surface area contributed by atoms with Gasteiger partial charge in [-0.3, -0.25) is 19.3 Å². The van der Waals surface area contributed by atoms with E-state index in [1.54, 1.807) is 37.5 Å². The van der Waals surface area contributed by atoms with Crippen LogP contribution in [0.25, 0.3) is 17.1 Å². The van der Waals surface area contributed by atoms with Crippen LogP contribution in [0.4, 0.5) is 14.7 Å². The number of aromatic nitrogens is 5. The van der Waals surface area contributed by atoms with Gasteiger partial charge in [-0.25, -0.2) is 18.7 Å². The first-order chi connectivity index (χ1) is 18.7. The number of anilines is 1. The third-order valence-corrected chi connectivity index (χ3v) is 6.90. The minimum Gasteiger partial charge on any atom is -0.485 e. The molecule has 0 unspecified atom stereocenters. The van der Waals surface area contributed by atoms with Crippen LogP contribution in [0.3, 0.4) is 0 Å². The summed E-state index contributed by atoms with van der Waals surface area (Å²) in [5.41, 5.74) is 2.46. The highest BCUT2D eigenvalue weighted by atomic mass is 35.5. The highest BCUT2D eigenvalue weighted by molar-refractivity contribution is 6.31. The van der Waals surface area contributed by atoms with Crippen molar-refractivity contribution in [1.82, 2.24) is 29.4 Å². The van der Waals surface area contributed by atoms with Crippen molar-refractivity contribution in [3.05, 3.63) is 86.8 Å². The Morgan fingerprint density at radius 2 is 1.77 bits per heavy atom. The maximum absolute atomic E-state index is 14.0. The van der Waals surface area contributed by atoms with E-state index >= 15 is 0 Å². The largest absolute Gasteiger partial charge is 0.485 e. The van der Waals surface area contributed by atoms with Crippen molar-refractivity contribution in [1.29, 1.82) is 0 Å². The van der Waals surface area contributed by atoms with Crippen LogP contribution in [-0.4, -0.2) is 62.6 Å². The first-order valence-electron chi connectivity index (χ1n) is 12.3. The number of nitrogens with zero attached hydrogens (tertiary/aromatic N) is 7. The van der Waals surface area contributed by atoms with Gasteiger partial charge in [-0.1, -0.05) is 11.6 Å². The van der Waals surface area contributed by atoms with Crippen molar-refractivity contribution in [2.24, 2.45) is 0 Å². The van der Waals surface area contributed by atoms with Crippen molar-refractivity contribution >= 4 is 17.5 Å². The van der Waals surface area contributed by atoms with Crippen LogP contribution in [0.2, 0.25) is 5.02 Å². The number of piperazine rings is 1. The summed E-state index contributed by atoms with van der Waals surface area (Å²) in [6.07, 6.45) is 4.27. The fraction of sp³-hybridized carbons (Fsp3) is 0.296. The molecule has 1 saturated heterocycles. The number of pyridine rings is 3. The number of aryl methyl sites for hydroxylation is 2. The van der Waals surface area contributed by atoms with E-state index in [4.69, 9.17) is 21.3 Å². The summed E-state index contributed by atoms with van der Waals surface area (Å²) in [6.45, 7) is 6.77. The number of halogens is 3. The molecule has 4 aromatic rings. The number of likely N-dealkylation sites (N-methyl/N-ethyl adjacent to an activating group) is 1. The molecule has 4 aromatic heterocycles. The quantitative estimate of drug-likeness (QED) is 0.354. The lowest BCUT2D eigenvalue weighted by Crippen LogP contribution is -2.45. The Morgan fingerprint density at radius 3 is 2.51 bits per heavy atom. The van der Waals surface area contributed by atoms with Crippen LogP contribution in [-0.2, 0) is 6.61 Å². The summed E-state index contributed by atoms with van der Waals surface area (Å²) in [5.74, 6) is -0.941. The molecule has 39 heavy (non-hydrogen) atoms. The lowest BCUT2D eigenvalue weighted by Gasteiger charge is -2.32. The Kier molecular flexibility index (Phi) is 7.53. The van der Waals surface area contributed by atoms with Gasteiger partial charge in [0.05, 0.1) is 23.3 Å². The van der Waals surface area contributed by atoms with E-state index < -0.39 is 17.2 Å². The standard InChI is InChI=1S/C27H26ClF2N7O2/c1-16-13-32-21(20-4-5-31-27(34-20)36-8-6-35(3)7-9-36)12-23(16)37-17(2)10-24(25(28)26(37)38)39-15-22-19(30)11-18(29)14-33-22/h4-5,10-14H,6-9,15H2,1-3H3. The summed E-state index contributed by atoms with van der Waals surface area (Å²) in [6, 6.07) is 5.87. The fourth-order valence-electron chi connectivity index (χ4n) is 4.32. The molecule has 0 saturated carbocycles. The second-order valence-electron chi connectivity index (χ2n) is 9.36. The maximum atomic E-state index is 14.0. The molecule has 0 N–H and O–H groups in total. The second kappa shape index (κ2) is 11.0. The van der Waals surface area contributed by atoms with Gasteiger partial charge < -0.3 is 14.5 Å². The summed E-state index contributed by atoms with van der Waals surface area (Å²) >= 11 is 6.40. The van der Waals surface area contributed by atoms with Crippen LogP contribution in [0.1, 0.15) is 17.0 Å². The molecular formula is C27H26ClF2N7O2. The molecule has 0 bridgehead atoms. The minimum absolute atomic E-state index is 0.0699. The van der Waals surface area contributed by atoms with Crippen molar-refractivity contribution in [2.45, 2.75) is 20.5 Å². The molecule has 0 amide bonds. The monoisotopic (exact) mass is 553 g/mol. The number of ether oxygens (including phenoxy) is 1. The van der Waals surface area contributed by atoms with E-state index in [0.29, 0.717) is 34.8 Å². The first-order valence-corrected chi connectivity index (χ1v) is 12.7. The van der Waals surface area contributed by atoms with Gasteiger partial charge in [0.25, 0.3) is 5.56 Å². The predicted octanol–water partition coefficient (Wildman–Crippen LogP) is 3.96. The zero-order chi connectivity index (χ0) is 27.7. The van der Waals surface area contributed by atoms with Crippen LogP contribution in [0.15, 0.2) is 47.7 Å². The number of rotatable bonds is 6. The molecule has 5 heterocycles. The SMILES string of the molecule is Cc1cnc(-c2ccnc(N3CCN(C)CC3)n2)cc1-n1c(C)cc(OCc2ncc(F)cc2F)c(Cl)c1=O. The lowest BCUT2D eigenvalue weighted by molar-refractivity contribution is 0.292. The van der Waals surface area contributed by atoms with Crippen molar-refractivity contribution < 1.29 is 13.5 Å². The van der Waals surface area contributed by atoms with Gasteiger partial charge in [0.15, 0.2) is 5.82 Å². The van der Waals surface area contributed by atoms with Gasteiger partial charge in [-0.15, -0.1) is 0 Å². The normalized spacial score (nSPS) is 14.1. The molecule has 0 radical (unpaired) electrons. The van der Waals surface area contributed by atoms with E-state index in [2.05, 4.69) is 31.8 Å². The first kappa shape index (κ1) is 26.6. The Labute approximate surface area is 228 Å². The number of hydrogen-bond acceptors (Lipinski definition) is 8. The van der Waals surface area contributed by atoms with Gasteiger partial charge >= 0.3 is 0 Å². The Balaban J connectivity index is 1.45. The van der Waals surface area contributed by atoms with Crippen molar-refractivity contribution in [3.63, 3.8) is 0 Å². The van der Waals surface area contributed by atoms with E-state index in [0.717, 1.165) is 37.9 Å². The molecule has 1 fully saturated rings. The lowest BCUT2D eigenvalue weighted by atomic mass is 10.1. The Hall–Kier alpha value is -3.96. The molecular weight excluding hydrogens is 528 g/mol. The summed E-state index contributed by atoms with van der Waals surface area (Å²) in [5, 5.41) is -0.180. The molecule has 0 spiro atoms. The Bertz CT molecular complexity index is 1590. The van der Waals surface area contributed by atoms with Crippen molar-refractivity contribution in [2.75, 3.05) is 38.1 Å². The molecule has 5 rings (SSSR count). The molecule has 0 atom stereocenters. The fourth-order valence-corrected chi connectivity index (χ4v) is 4.52. The van der Waals surface area contributed by atoms with Gasteiger partial charge in [0.2, 0.25) is 5.95 Å². The summed E-state index contributed by atoms with van der Waals surface area (Å²) < 4.78 is 34.2. The molecule has 0 aromatic carbocycles. The van der Waals surface area contributed by atoms with Gasteiger partial charge in [0, 0.05) is 56.4 Å². The predicted molar refractivity (Wildman–Crippen MR) is 144 cm³/mol. The van der Waals surface area contributed by atoms with E-state index in [9.17, 15) is 13.6 Å². The zero-order valence-corrected chi connectivity index (χ0v) is 22.4. The van der Waals surface area contributed by atoms with Crippen molar-refractivity contribution in [3.8, 4) is 22.8 Å². The smallest absolute Gasteiger partial charge is 0.277 e. The summed E-state index contributed by atoms with van der Waals surface area (Å²) in [4.78, 5) is 35.2. The molecule has 0 aliphatic carbocycles. The van der Waals surface area contributed by atoms with Gasteiger partial charge in [-0.2, -0.15) is 0 Å². The van der Waals surface area contributed by atoms with Crippen LogP contribution < -0.4 is 15.2 Å². The molecule has 1 aliphatic rings. The van der Waals surface area contributed by atoms with E-state index in [1.807, 2.05) is 6.92 Å². The molecule has 1 aliphatic heterocycles. The van der Waals surface area contributed by atoms with Crippen LogP contribution >= 0.6 is 11.6 Å². The highest BCUT2D eigenvalue weighted by Crippen LogP contribution is 2.27. The van der Waals surface area contributed by atoms with Gasteiger partial charge in [-0.05, 0) is 38.6 Å². The average Bonchev–Trinajstić information content (AvgIpc) is 2.92. The highest BCUT2D eigenvalue weighted by Gasteiger charge is 2.19. The van der Waals surface area contributed by atoms with Crippen LogP contribution in [0, 0.1) is 25.5 Å². The van der Waals surface area contributed by atoms with Gasteiger partial charge in [0.1, 0.15) is 28.9 Å². The van der Waals surface area contributed by atoms with E-state index in [-0.39, 0.29) is 23.1 Å². The maximum Gasteiger partial charge on any atom is 0.277 e. The third-order valence-electron chi connectivity index (χ3n) is 6.56. The Morgan fingerprint density at radius 1 is 1.00 bits per heavy atom. The molecule has 9 nitrogen and oxygen atoms in total. The molecule has 202 valence electrons. The summed E-state index contributed by atoms with van der Waals surface area (Å²) in [7, 11) is 2.09. The number of hydrogen-bond donors (Lipinski definition) is 0. The molecule has 12 heteroatoms. The second-order valence-corrected chi connectivity index (χ2v) is 9.74. The third kappa shape index (κ3) is 5.59. The zero-order valence-electron chi connectivity index (χ0n) is 21.7. The minimum atomic E-state index is -0.850.